The topological polar surface area (TPSA) is 20.3 Å². The fourth-order valence-electron chi connectivity index (χ4n) is 3.60. The summed E-state index contributed by atoms with van der Waals surface area (Å²) in [4.78, 5) is 14.0. The number of anilines is 1. The number of hydrogen-bond donors (Lipinski definition) is 0. The van der Waals surface area contributed by atoms with E-state index in [-0.39, 0.29) is 5.41 Å². The quantitative estimate of drug-likeness (QED) is 0.760. The number of hydrogen-bond acceptors (Lipinski definition) is 2. The van der Waals surface area contributed by atoms with Crippen LogP contribution in [-0.2, 0) is 11.2 Å². The van der Waals surface area contributed by atoms with Gasteiger partial charge in [-0.1, -0.05) is 31.0 Å². The van der Waals surface area contributed by atoms with Crippen molar-refractivity contribution in [1.82, 2.24) is 0 Å². The third-order valence-electron chi connectivity index (χ3n) is 4.68. The molecule has 0 radical (unpaired) electrons. The summed E-state index contributed by atoms with van der Waals surface area (Å²) in [6.07, 6.45) is 6.91. The SMILES string of the molecule is CC1Cc2ccccc2N1CC1(C=O)CCCC1. The van der Waals surface area contributed by atoms with Crippen molar-refractivity contribution in [2.24, 2.45) is 5.41 Å². The number of carbonyl (C=O) groups excluding carboxylic acids is 1. The van der Waals surface area contributed by atoms with Gasteiger partial charge in [-0.05, 0) is 37.8 Å². The van der Waals surface area contributed by atoms with Gasteiger partial charge in [0, 0.05) is 23.7 Å². The lowest BCUT2D eigenvalue weighted by molar-refractivity contribution is -0.115. The fraction of sp³-hybridized carbons (Fsp3) is 0.562. The van der Waals surface area contributed by atoms with E-state index >= 15 is 0 Å². The van der Waals surface area contributed by atoms with Crippen LogP contribution in [0.1, 0.15) is 38.2 Å². The van der Waals surface area contributed by atoms with Gasteiger partial charge in [0.05, 0.1) is 0 Å². The zero-order valence-electron chi connectivity index (χ0n) is 11.1. The van der Waals surface area contributed by atoms with Gasteiger partial charge in [-0.25, -0.2) is 0 Å². The third kappa shape index (κ3) is 1.84. The van der Waals surface area contributed by atoms with Crippen LogP contribution in [0.15, 0.2) is 24.3 Å². The number of aldehydes is 1. The molecule has 1 unspecified atom stereocenters. The second-order valence-corrected chi connectivity index (χ2v) is 6.00. The van der Waals surface area contributed by atoms with Crippen molar-refractivity contribution in [2.45, 2.75) is 45.1 Å². The molecule has 96 valence electrons. The Morgan fingerprint density at radius 3 is 2.78 bits per heavy atom. The first-order valence-electron chi connectivity index (χ1n) is 7.05. The maximum absolute atomic E-state index is 11.5. The van der Waals surface area contributed by atoms with E-state index in [9.17, 15) is 4.79 Å². The molecule has 1 atom stereocenters. The van der Waals surface area contributed by atoms with Gasteiger partial charge in [-0.2, -0.15) is 0 Å². The Balaban J connectivity index is 1.86. The summed E-state index contributed by atoms with van der Waals surface area (Å²) >= 11 is 0. The summed E-state index contributed by atoms with van der Waals surface area (Å²) in [5, 5.41) is 0. The fourth-order valence-corrected chi connectivity index (χ4v) is 3.60. The summed E-state index contributed by atoms with van der Waals surface area (Å²) in [6, 6.07) is 9.16. The van der Waals surface area contributed by atoms with Crippen LogP contribution in [0.4, 0.5) is 5.69 Å². The highest BCUT2D eigenvalue weighted by molar-refractivity contribution is 5.65. The molecule has 2 aliphatic rings. The largest absolute Gasteiger partial charge is 0.367 e. The Bertz CT molecular complexity index is 448. The molecular weight excluding hydrogens is 222 g/mol. The maximum atomic E-state index is 11.5. The molecule has 0 aromatic heterocycles. The smallest absolute Gasteiger partial charge is 0.127 e. The van der Waals surface area contributed by atoms with Crippen LogP contribution in [0.2, 0.25) is 0 Å². The molecule has 1 aliphatic heterocycles. The van der Waals surface area contributed by atoms with Crippen LogP contribution in [0.3, 0.4) is 0 Å². The summed E-state index contributed by atoms with van der Waals surface area (Å²) in [5.41, 5.74) is 2.70. The average Bonchev–Trinajstić information content (AvgIpc) is 2.97. The molecule has 1 fully saturated rings. The van der Waals surface area contributed by atoms with Crippen molar-refractivity contribution >= 4 is 12.0 Å². The number of rotatable bonds is 3. The van der Waals surface area contributed by atoms with E-state index in [1.54, 1.807) is 0 Å². The second-order valence-electron chi connectivity index (χ2n) is 6.00. The number of nitrogens with zero attached hydrogens (tertiary/aromatic N) is 1. The molecule has 18 heavy (non-hydrogen) atoms. The van der Waals surface area contributed by atoms with E-state index in [2.05, 4.69) is 36.1 Å². The molecule has 0 bridgehead atoms. The Labute approximate surface area is 109 Å². The zero-order chi connectivity index (χ0) is 12.6. The minimum Gasteiger partial charge on any atom is -0.367 e. The molecule has 3 rings (SSSR count). The van der Waals surface area contributed by atoms with E-state index in [1.165, 1.54) is 30.4 Å². The van der Waals surface area contributed by atoms with Crippen LogP contribution in [0, 0.1) is 5.41 Å². The van der Waals surface area contributed by atoms with Gasteiger partial charge in [0.1, 0.15) is 6.29 Å². The summed E-state index contributed by atoms with van der Waals surface area (Å²) < 4.78 is 0. The van der Waals surface area contributed by atoms with E-state index in [1.807, 2.05) is 0 Å². The number of benzene rings is 1. The monoisotopic (exact) mass is 243 g/mol. The molecule has 0 saturated heterocycles. The summed E-state index contributed by atoms with van der Waals surface area (Å²) in [6.45, 7) is 3.18. The highest BCUT2D eigenvalue weighted by atomic mass is 16.1. The normalized spacial score (nSPS) is 25.2. The number of carbonyl (C=O) groups is 1. The molecule has 2 heteroatoms. The van der Waals surface area contributed by atoms with Crippen LogP contribution >= 0.6 is 0 Å². The lowest BCUT2D eigenvalue weighted by atomic mass is 9.87. The average molecular weight is 243 g/mol. The van der Waals surface area contributed by atoms with Crippen molar-refractivity contribution in [3.63, 3.8) is 0 Å². The lowest BCUT2D eigenvalue weighted by Crippen LogP contribution is -2.40. The molecule has 1 heterocycles. The summed E-state index contributed by atoms with van der Waals surface area (Å²) in [5.74, 6) is 0. The van der Waals surface area contributed by atoms with Gasteiger partial charge in [0.15, 0.2) is 0 Å². The van der Waals surface area contributed by atoms with E-state index in [4.69, 9.17) is 0 Å². The van der Waals surface area contributed by atoms with Gasteiger partial charge in [-0.3, -0.25) is 0 Å². The van der Waals surface area contributed by atoms with E-state index < -0.39 is 0 Å². The highest BCUT2D eigenvalue weighted by Gasteiger charge is 2.38. The number of para-hydroxylation sites is 1. The van der Waals surface area contributed by atoms with Gasteiger partial charge < -0.3 is 9.69 Å². The molecule has 1 saturated carbocycles. The minimum absolute atomic E-state index is 0.0777. The molecule has 2 nitrogen and oxygen atoms in total. The number of fused-ring (bicyclic) bond motifs is 1. The van der Waals surface area contributed by atoms with Crippen LogP contribution in [0.25, 0.3) is 0 Å². The minimum atomic E-state index is -0.0777. The molecule has 0 amide bonds. The van der Waals surface area contributed by atoms with Crippen LogP contribution < -0.4 is 4.90 Å². The predicted molar refractivity (Wildman–Crippen MR) is 73.9 cm³/mol. The third-order valence-corrected chi connectivity index (χ3v) is 4.68. The summed E-state index contributed by atoms with van der Waals surface area (Å²) in [7, 11) is 0. The maximum Gasteiger partial charge on any atom is 0.127 e. The Morgan fingerprint density at radius 1 is 1.33 bits per heavy atom. The van der Waals surface area contributed by atoms with E-state index in [0.29, 0.717) is 6.04 Å². The van der Waals surface area contributed by atoms with Crippen LogP contribution in [0.5, 0.6) is 0 Å². The van der Waals surface area contributed by atoms with E-state index in [0.717, 1.165) is 25.8 Å². The van der Waals surface area contributed by atoms with Gasteiger partial charge in [0.25, 0.3) is 0 Å². The van der Waals surface area contributed by atoms with Crippen molar-refractivity contribution < 1.29 is 4.79 Å². The first-order chi connectivity index (χ1) is 8.74. The molecule has 1 aromatic carbocycles. The van der Waals surface area contributed by atoms with Crippen LogP contribution in [-0.4, -0.2) is 18.9 Å². The molecule has 0 N–H and O–H groups in total. The first-order valence-corrected chi connectivity index (χ1v) is 7.05. The van der Waals surface area contributed by atoms with Crippen molar-refractivity contribution in [3.05, 3.63) is 29.8 Å². The predicted octanol–water partition coefficient (Wildman–Crippen LogP) is 3.20. The Hall–Kier alpha value is -1.31. The molecule has 1 aromatic rings. The van der Waals surface area contributed by atoms with Gasteiger partial charge in [0.2, 0.25) is 0 Å². The van der Waals surface area contributed by atoms with Crippen molar-refractivity contribution in [3.8, 4) is 0 Å². The second kappa shape index (κ2) is 4.42. The molecule has 0 spiro atoms. The Morgan fingerprint density at radius 2 is 2.06 bits per heavy atom. The first kappa shape index (κ1) is 11.8. The van der Waals surface area contributed by atoms with Gasteiger partial charge >= 0.3 is 0 Å². The highest BCUT2D eigenvalue weighted by Crippen LogP contribution is 2.41. The molecular formula is C16H21NO. The standard InChI is InChI=1S/C16H21NO/c1-13-10-14-6-2-3-7-15(14)17(13)11-16(12-18)8-4-5-9-16/h2-3,6-7,12-13H,4-5,8-11H2,1H3. The van der Waals surface area contributed by atoms with Crippen molar-refractivity contribution in [1.29, 1.82) is 0 Å². The molecule has 1 aliphatic carbocycles. The lowest BCUT2D eigenvalue weighted by Gasteiger charge is -2.33. The zero-order valence-corrected chi connectivity index (χ0v) is 11.1. The van der Waals surface area contributed by atoms with Crippen molar-refractivity contribution in [2.75, 3.05) is 11.4 Å². The van der Waals surface area contributed by atoms with Gasteiger partial charge in [-0.15, -0.1) is 0 Å². The Kier molecular flexibility index (Phi) is 2.89.